The zero-order chi connectivity index (χ0) is 24.1. The first-order valence-corrected chi connectivity index (χ1v) is 12.8. The first-order chi connectivity index (χ1) is 16.4. The van der Waals surface area contributed by atoms with Crippen molar-refractivity contribution in [1.82, 2.24) is 8.87 Å². The van der Waals surface area contributed by atoms with Crippen molar-refractivity contribution < 1.29 is 22.7 Å². The summed E-state index contributed by atoms with van der Waals surface area (Å²) in [5, 5.41) is 0. The third-order valence-corrected chi connectivity index (χ3v) is 8.06. The molecule has 0 saturated carbocycles. The number of sulfonamides is 1. The van der Waals surface area contributed by atoms with Crippen molar-refractivity contribution in [1.29, 1.82) is 0 Å². The van der Waals surface area contributed by atoms with Gasteiger partial charge in [-0.05, 0) is 56.2 Å². The van der Waals surface area contributed by atoms with Crippen molar-refractivity contribution >= 4 is 15.8 Å². The molecule has 0 amide bonds. The van der Waals surface area contributed by atoms with E-state index >= 15 is 0 Å². The van der Waals surface area contributed by atoms with E-state index in [1.165, 1.54) is 22.0 Å². The van der Waals surface area contributed by atoms with Gasteiger partial charge in [-0.15, -0.1) is 0 Å². The average molecular weight is 483 g/mol. The number of ether oxygens (including phenoxy) is 2. The molecule has 1 saturated heterocycles. The molecule has 4 rings (SSSR count). The van der Waals surface area contributed by atoms with Gasteiger partial charge in [-0.3, -0.25) is 4.79 Å². The van der Waals surface area contributed by atoms with Gasteiger partial charge in [0.2, 0.25) is 15.8 Å². The van der Waals surface area contributed by atoms with Crippen LogP contribution >= 0.6 is 0 Å². The second-order valence-corrected chi connectivity index (χ2v) is 10.3. The Morgan fingerprint density at radius 1 is 1.00 bits per heavy atom. The van der Waals surface area contributed by atoms with Gasteiger partial charge in [0.25, 0.3) is 0 Å². The number of nitrogens with zero attached hydrogens (tertiary/aromatic N) is 2. The number of hydrogen-bond acceptors (Lipinski definition) is 5. The van der Waals surface area contributed by atoms with Gasteiger partial charge in [0.1, 0.15) is 5.75 Å². The molecule has 3 aromatic rings. The summed E-state index contributed by atoms with van der Waals surface area (Å²) in [6.45, 7) is 6.13. The molecule has 2 heterocycles. The van der Waals surface area contributed by atoms with E-state index in [1.54, 1.807) is 12.1 Å². The maximum Gasteiger partial charge on any atom is 0.243 e. The lowest BCUT2D eigenvalue weighted by atomic mass is 10.1. The smallest absolute Gasteiger partial charge is 0.243 e. The van der Waals surface area contributed by atoms with Crippen LogP contribution in [0.5, 0.6) is 5.75 Å². The fourth-order valence-electron chi connectivity index (χ4n) is 4.18. The number of ketones is 1. The summed E-state index contributed by atoms with van der Waals surface area (Å²) in [5.74, 6) is 0.344. The molecule has 0 spiro atoms. The number of morpholine rings is 1. The molecule has 0 radical (unpaired) electrons. The van der Waals surface area contributed by atoms with Crippen LogP contribution in [0.15, 0.2) is 65.6 Å². The van der Waals surface area contributed by atoms with Gasteiger partial charge in [0.15, 0.2) is 6.61 Å². The minimum atomic E-state index is -3.56. The molecule has 8 heteroatoms. The number of carbonyl (C=O) groups is 1. The summed E-state index contributed by atoms with van der Waals surface area (Å²) >= 11 is 0. The highest BCUT2D eigenvalue weighted by Gasteiger charge is 2.26. The summed E-state index contributed by atoms with van der Waals surface area (Å²) in [4.78, 5) is 13.1. The Hall–Kier alpha value is -2.94. The number of aromatic nitrogens is 1. The second kappa shape index (κ2) is 10.5. The van der Waals surface area contributed by atoms with E-state index in [9.17, 15) is 13.2 Å². The highest BCUT2D eigenvalue weighted by atomic mass is 32.2. The Bertz CT molecular complexity index is 1230. The predicted molar refractivity (Wildman–Crippen MR) is 130 cm³/mol. The average Bonchev–Trinajstić information content (AvgIpc) is 3.15. The fourth-order valence-corrected chi connectivity index (χ4v) is 5.59. The first-order valence-electron chi connectivity index (χ1n) is 11.4. The molecular formula is C26H30N2O5S. The second-order valence-electron chi connectivity index (χ2n) is 8.37. The first kappa shape index (κ1) is 24.2. The van der Waals surface area contributed by atoms with Crippen molar-refractivity contribution in [2.24, 2.45) is 0 Å². The number of carbonyl (C=O) groups excluding carboxylic acids is 1. The molecule has 0 bridgehead atoms. The van der Waals surface area contributed by atoms with E-state index in [0.29, 0.717) is 37.6 Å². The Balaban J connectivity index is 1.37. The fraction of sp³-hybridized carbons (Fsp3) is 0.346. The Morgan fingerprint density at radius 2 is 1.68 bits per heavy atom. The standard InChI is InChI=1S/C26H30N2O5S/c1-20-18-25(21(2)28(20)13-12-22-6-4-3-5-7-22)26(29)19-33-23-8-10-24(11-9-23)34(30,31)27-14-16-32-17-15-27/h3-11,18H,12-17,19H2,1-2H3. The Kier molecular flexibility index (Phi) is 7.50. The lowest BCUT2D eigenvalue weighted by Gasteiger charge is -2.26. The van der Waals surface area contributed by atoms with Crippen LogP contribution in [-0.4, -0.2) is 56.0 Å². The van der Waals surface area contributed by atoms with Gasteiger partial charge in [-0.1, -0.05) is 30.3 Å². The van der Waals surface area contributed by atoms with E-state index in [0.717, 1.165) is 24.4 Å². The maximum absolute atomic E-state index is 12.9. The molecule has 180 valence electrons. The van der Waals surface area contributed by atoms with E-state index in [1.807, 2.05) is 38.1 Å². The van der Waals surface area contributed by atoms with Crippen LogP contribution in [0.4, 0.5) is 0 Å². The highest BCUT2D eigenvalue weighted by Crippen LogP contribution is 2.22. The van der Waals surface area contributed by atoms with Gasteiger partial charge in [0.05, 0.1) is 18.1 Å². The van der Waals surface area contributed by atoms with Crippen LogP contribution in [0.25, 0.3) is 0 Å². The Morgan fingerprint density at radius 3 is 2.35 bits per heavy atom. The molecule has 1 aliphatic rings. The van der Waals surface area contributed by atoms with Crippen LogP contribution in [0.3, 0.4) is 0 Å². The van der Waals surface area contributed by atoms with Crippen molar-refractivity contribution in [2.45, 2.75) is 31.7 Å². The minimum absolute atomic E-state index is 0.107. The number of Topliss-reactive ketones (excluding diaryl/α,β-unsaturated/α-hetero) is 1. The molecule has 0 aliphatic carbocycles. The molecule has 0 N–H and O–H groups in total. The van der Waals surface area contributed by atoms with Gasteiger partial charge in [0, 0.05) is 36.6 Å². The molecule has 0 unspecified atom stereocenters. The topological polar surface area (TPSA) is 77.8 Å². The molecule has 0 atom stereocenters. The van der Waals surface area contributed by atoms with Crippen LogP contribution in [0.2, 0.25) is 0 Å². The monoisotopic (exact) mass is 482 g/mol. The summed E-state index contributed by atoms with van der Waals surface area (Å²) in [5.41, 5.74) is 3.87. The van der Waals surface area contributed by atoms with E-state index < -0.39 is 10.0 Å². The zero-order valence-corrected chi connectivity index (χ0v) is 20.4. The summed E-state index contributed by atoms with van der Waals surface area (Å²) in [6.07, 6.45) is 0.890. The molecular weight excluding hydrogens is 452 g/mol. The molecule has 1 aliphatic heterocycles. The highest BCUT2D eigenvalue weighted by molar-refractivity contribution is 7.89. The van der Waals surface area contributed by atoms with Crippen molar-refractivity contribution in [3.8, 4) is 5.75 Å². The molecule has 34 heavy (non-hydrogen) atoms. The molecule has 1 aromatic heterocycles. The number of aryl methyl sites for hydroxylation is 2. The summed E-state index contributed by atoms with van der Waals surface area (Å²) < 4.78 is 40.0. The third kappa shape index (κ3) is 5.41. The number of hydrogen-bond donors (Lipinski definition) is 0. The van der Waals surface area contributed by atoms with Crippen molar-refractivity contribution in [3.63, 3.8) is 0 Å². The largest absolute Gasteiger partial charge is 0.485 e. The van der Waals surface area contributed by atoms with Crippen LogP contribution < -0.4 is 4.74 Å². The predicted octanol–water partition coefficient (Wildman–Crippen LogP) is 3.63. The van der Waals surface area contributed by atoms with Crippen molar-refractivity contribution in [3.05, 3.63) is 83.2 Å². The normalized spacial score (nSPS) is 14.8. The van der Waals surface area contributed by atoms with Crippen molar-refractivity contribution in [2.75, 3.05) is 32.9 Å². The SMILES string of the molecule is Cc1cc(C(=O)COc2ccc(S(=O)(=O)N3CCOCC3)cc2)c(C)n1CCc1ccccc1. The molecule has 7 nitrogen and oxygen atoms in total. The number of rotatable bonds is 9. The summed E-state index contributed by atoms with van der Waals surface area (Å²) in [7, 11) is -3.56. The van der Waals surface area contributed by atoms with Crippen LogP contribution in [-0.2, 0) is 27.7 Å². The minimum Gasteiger partial charge on any atom is -0.485 e. The van der Waals surface area contributed by atoms with Gasteiger partial charge in [-0.2, -0.15) is 4.31 Å². The Labute approximate surface area is 201 Å². The van der Waals surface area contributed by atoms with E-state index in [2.05, 4.69) is 16.7 Å². The number of benzene rings is 2. The van der Waals surface area contributed by atoms with Crippen LogP contribution in [0, 0.1) is 13.8 Å². The van der Waals surface area contributed by atoms with E-state index in [-0.39, 0.29) is 17.3 Å². The lowest BCUT2D eigenvalue weighted by Crippen LogP contribution is -2.40. The van der Waals surface area contributed by atoms with Gasteiger partial charge >= 0.3 is 0 Å². The zero-order valence-electron chi connectivity index (χ0n) is 19.6. The quantitative estimate of drug-likeness (QED) is 0.435. The molecule has 2 aromatic carbocycles. The lowest BCUT2D eigenvalue weighted by molar-refractivity contribution is 0.0730. The molecule has 1 fully saturated rings. The summed E-state index contributed by atoms with van der Waals surface area (Å²) in [6, 6.07) is 18.4. The van der Waals surface area contributed by atoms with Gasteiger partial charge in [-0.25, -0.2) is 8.42 Å². The maximum atomic E-state index is 12.9. The third-order valence-electron chi connectivity index (χ3n) is 6.14. The van der Waals surface area contributed by atoms with Gasteiger partial charge < -0.3 is 14.0 Å². The van der Waals surface area contributed by atoms with E-state index in [4.69, 9.17) is 9.47 Å². The van der Waals surface area contributed by atoms with Crippen LogP contribution in [0.1, 0.15) is 27.3 Å².